The van der Waals surface area contributed by atoms with Crippen molar-refractivity contribution in [2.45, 2.75) is 32.8 Å². The minimum absolute atomic E-state index is 0.142. The lowest BCUT2D eigenvalue weighted by Gasteiger charge is -2.30. The van der Waals surface area contributed by atoms with Crippen LogP contribution in [-0.2, 0) is 4.84 Å². The fourth-order valence-electron chi connectivity index (χ4n) is 2.60. The molecule has 0 N–H and O–H groups in total. The third-order valence-corrected chi connectivity index (χ3v) is 3.80. The van der Waals surface area contributed by atoms with Gasteiger partial charge in [-0.1, -0.05) is 17.3 Å². The Kier molecular flexibility index (Phi) is 5.02. The van der Waals surface area contributed by atoms with Crippen LogP contribution in [-0.4, -0.2) is 57.4 Å². The van der Waals surface area contributed by atoms with Gasteiger partial charge in [-0.2, -0.15) is 10.2 Å². The molecule has 0 atom stereocenters. The Morgan fingerprint density at radius 3 is 2.85 bits per heavy atom. The minimum Gasteiger partial charge on any atom is -0.389 e. The van der Waals surface area contributed by atoms with Crippen LogP contribution in [0.4, 0.5) is 9.18 Å². The largest absolute Gasteiger partial charge is 0.389 e. The third kappa shape index (κ3) is 4.55. The lowest BCUT2D eigenvalue weighted by atomic mass is 9.99. The van der Waals surface area contributed by atoms with Crippen molar-refractivity contribution in [2.24, 2.45) is 15.4 Å². The molecule has 2 aliphatic rings. The predicted molar refractivity (Wildman–Crippen MR) is 100 cm³/mol. The molecule has 3 heterocycles. The summed E-state index contributed by atoms with van der Waals surface area (Å²) in [5, 5.41) is 15.3. The van der Waals surface area contributed by atoms with Crippen LogP contribution in [0.2, 0.25) is 0 Å². The first-order valence-corrected chi connectivity index (χ1v) is 8.44. The topological polar surface area (TPSA) is 82.8 Å². The van der Waals surface area contributed by atoms with Crippen molar-refractivity contribution in [3.05, 3.63) is 42.0 Å². The monoisotopic (exact) mass is 372 g/mol. The average molecular weight is 372 g/mol. The number of hydrogen-bond donors (Lipinski definition) is 0. The summed E-state index contributed by atoms with van der Waals surface area (Å²) in [7, 11) is 0. The lowest BCUT2D eigenvalue weighted by molar-refractivity contribution is 0.0123. The highest BCUT2D eigenvalue weighted by Gasteiger charge is 2.36. The first-order valence-electron chi connectivity index (χ1n) is 8.44. The molecular weight excluding hydrogens is 351 g/mol. The Morgan fingerprint density at radius 2 is 2.22 bits per heavy atom. The van der Waals surface area contributed by atoms with Crippen molar-refractivity contribution in [3.63, 3.8) is 0 Å². The predicted octanol–water partition coefficient (Wildman–Crippen LogP) is 2.78. The number of carbonyl (C=O) groups excluding carboxylic acids is 1. The smallest absolute Gasteiger partial charge is 0.361 e. The molecule has 0 aliphatic carbocycles. The number of urea groups is 1. The number of nitrogens with zero attached hydrogens (tertiary/aromatic N) is 6. The lowest BCUT2D eigenvalue weighted by Crippen LogP contribution is -2.48. The van der Waals surface area contributed by atoms with Gasteiger partial charge in [0.15, 0.2) is 0 Å². The summed E-state index contributed by atoms with van der Waals surface area (Å²) in [5.74, 6) is -0.477. The van der Waals surface area contributed by atoms with Crippen LogP contribution >= 0.6 is 0 Å². The van der Waals surface area contributed by atoms with Gasteiger partial charge < -0.3 is 4.84 Å². The second-order valence-electron chi connectivity index (χ2n) is 7.15. The van der Waals surface area contributed by atoms with Crippen LogP contribution in [0.25, 0.3) is 0 Å². The molecule has 9 heteroatoms. The fourth-order valence-corrected chi connectivity index (χ4v) is 2.60. The number of hydrazone groups is 2. The molecule has 142 valence electrons. The number of carbonyl (C=O) groups is 1. The molecule has 27 heavy (non-hydrogen) atoms. The van der Waals surface area contributed by atoms with E-state index in [4.69, 9.17) is 4.84 Å². The van der Waals surface area contributed by atoms with Gasteiger partial charge in [-0.3, -0.25) is 4.98 Å². The highest BCUT2D eigenvalue weighted by Crippen LogP contribution is 2.24. The number of oxime groups is 1. The van der Waals surface area contributed by atoms with Crippen LogP contribution in [0.1, 0.15) is 32.8 Å². The number of pyridine rings is 1. The van der Waals surface area contributed by atoms with Gasteiger partial charge >= 0.3 is 6.03 Å². The van der Waals surface area contributed by atoms with Gasteiger partial charge in [0.25, 0.3) is 0 Å². The maximum Gasteiger partial charge on any atom is 0.361 e. The number of hydrogen-bond acceptors (Lipinski definition) is 6. The molecule has 0 saturated heterocycles. The maximum absolute atomic E-state index is 13.3. The van der Waals surface area contributed by atoms with Crippen molar-refractivity contribution >= 4 is 23.7 Å². The summed E-state index contributed by atoms with van der Waals surface area (Å²) < 4.78 is 13.3. The van der Waals surface area contributed by atoms with Crippen LogP contribution in [0.15, 0.2) is 46.0 Å². The molecular formula is C18H21FN6O2. The molecule has 8 nitrogen and oxygen atoms in total. The quantitative estimate of drug-likeness (QED) is 0.589. The minimum atomic E-state index is -0.477. The van der Waals surface area contributed by atoms with E-state index in [1.807, 2.05) is 20.8 Å². The van der Waals surface area contributed by atoms with E-state index < -0.39 is 17.4 Å². The zero-order valence-corrected chi connectivity index (χ0v) is 15.5. The normalized spacial score (nSPS) is 19.2. The van der Waals surface area contributed by atoms with Crippen molar-refractivity contribution < 1.29 is 14.0 Å². The summed E-state index contributed by atoms with van der Waals surface area (Å²) in [6.45, 7) is 9.89. The van der Waals surface area contributed by atoms with E-state index in [-0.39, 0.29) is 13.1 Å². The van der Waals surface area contributed by atoms with Crippen molar-refractivity contribution in [1.29, 1.82) is 0 Å². The molecule has 1 aromatic rings. The van der Waals surface area contributed by atoms with Crippen LogP contribution < -0.4 is 0 Å². The molecule has 0 spiro atoms. The molecule has 0 aromatic carbocycles. The van der Waals surface area contributed by atoms with E-state index in [2.05, 4.69) is 26.9 Å². The first kappa shape index (κ1) is 18.7. The van der Waals surface area contributed by atoms with Gasteiger partial charge in [0.1, 0.15) is 22.8 Å². The van der Waals surface area contributed by atoms with E-state index in [0.717, 1.165) is 11.8 Å². The van der Waals surface area contributed by atoms with Gasteiger partial charge in [-0.05, 0) is 26.8 Å². The van der Waals surface area contributed by atoms with Crippen molar-refractivity contribution in [1.82, 2.24) is 15.0 Å². The molecule has 3 rings (SSSR count). The molecule has 1 aromatic heterocycles. The van der Waals surface area contributed by atoms with Gasteiger partial charge in [-0.25, -0.2) is 19.2 Å². The SMILES string of the molecule is C=C(C)CN1N=C(C2=NOC(C)(C)C2)CN(/N=C/c2cncc(F)c2)C1=O. The van der Waals surface area contributed by atoms with E-state index in [1.54, 1.807) is 0 Å². The summed E-state index contributed by atoms with van der Waals surface area (Å²) in [5.41, 5.74) is 2.07. The Balaban J connectivity index is 1.85. The molecule has 2 aliphatic heterocycles. The summed E-state index contributed by atoms with van der Waals surface area (Å²) in [6, 6.07) is 0.879. The number of amides is 2. The first-order chi connectivity index (χ1) is 12.7. The Morgan fingerprint density at radius 1 is 1.44 bits per heavy atom. The van der Waals surface area contributed by atoms with E-state index in [0.29, 0.717) is 23.4 Å². The zero-order chi connectivity index (χ0) is 19.6. The van der Waals surface area contributed by atoms with Crippen molar-refractivity contribution in [2.75, 3.05) is 13.1 Å². The Labute approximate surface area is 156 Å². The van der Waals surface area contributed by atoms with E-state index in [1.165, 1.54) is 28.5 Å². The summed E-state index contributed by atoms with van der Waals surface area (Å²) >= 11 is 0. The molecule has 0 bridgehead atoms. The number of rotatable bonds is 5. The van der Waals surface area contributed by atoms with Crippen LogP contribution in [0.5, 0.6) is 0 Å². The average Bonchev–Trinajstić information content (AvgIpc) is 2.95. The second-order valence-corrected chi connectivity index (χ2v) is 7.15. The number of halogens is 1. The fraction of sp³-hybridized carbons (Fsp3) is 0.389. The number of aromatic nitrogens is 1. The standard InChI is InChI=1S/C18H21FN6O2/c1-12(2)10-25-17(26)24(21-8-13-5-14(19)9-20-7-13)11-16(22-25)15-6-18(3,4)27-23-15/h5,7-9H,1,6,10-11H2,2-4H3/b21-8+. The molecule has 2 amide bonds. The van der Waals surface area contributed by atoms with Gasteiger partial charge in [0.05, 0.1) is 25.5 Å². The molecule has 0 fully saturated rings. The summed E-state index contributed by atoms with van der Waals surface area (Å²) in [6.07, 6.45) is 4.51. The van der Waals surface area contributed by atoms with Gasteiger partial charge in [0, 0.05) is 18.2 Å². The van der Waals surface area contributed by atoms with E-state index in [9.17, 15) is 9.18 Å². The summed E-state index contributed by atoms with van der Waals surface area (Å²) in [4.78, 5) is 21.8. The van der Waals surface area contributed by atoms with E-state index >= 15 is 0 Å². The molecule has 0 unspecified atom stereocenters. The third-order valence-electron chi connectivity index (χ3n) is 3.80. The maximum atomic E-state index is 13.3. The van der Waals surface area contributed by atoms with Gasteiger partial charge in [0.2, 0.25) is 0 Å². The molecule has 0 saturated carbocycles. The van der Waals surface area contributed by atoms with Crippen LogP contribution in [0.3, 0.4) is 0 Å². The van der Waals surface area contributed by atoms with Crippen molar-refractivity contribution in [3.8, 4) is 0 Å². The van der Waals surface area contributed by atoms with Crippen LogP contribution in [0, 0.1) is 5.82 Å². The van der Waals surface area contributed by atoms with Gasteiger partial charge in [-0.15, -0.1) is 0 Å². The highest BCUT2D eigenvalue weighted by molar-refractivity contribution is 6.44. The Hall–Kier alpha value is -3.10. The second kappa shape index (κ2) is 7.26. The Bertz CT molecular complexity index is 861. The molecule has 0 radical (unpaired) electrons. The zero-order valence-electron chi connectivity index (χ0n) is 15.5. The highest BCUT2D eigenvalue weighted by atomic mass is 19.1.